The summed E-state index contributed by atoms with van der Waals surface area (Å²) in [5.74, 6) is -0.436. The van der Waals surface area contributed by atoms with Gasteiger partial charge in [0.1, 0.15) is 17.3 Å². The maximum atomic E-state index is 12.6. The highest BCUT2D eigenvalue weighted by Crippen LogP contribution is 2.34. The second kappa shape index (κ2) is 10.7. The molecule has 1 atom stereocenters. The summed E-state index contributed by atoms with van der Waals surface area (Å²) in [4.78, 5) is 26.2. The molecule has 2 fully saturated rings. The summed E-state index contributed by atoms with van der Waals surface area (Å²) in [5.41, 5.74) is 3.78. The smallest absolute Gasteiger partial charge is 0.294 e. The third-order valence-electron chi connectivity index (χ3n) is 6.76. The van der Waals surface area contributed by atoms with Crippen molar-refractivity contribution < 1.29 is 14.5 Å². The van der Waals surface area contributed by atoms with E-state index in [1.807, 2.05) is 42.7 Å². The number of piperidine rings is 1. The summed E-state index contributed by atoms with van der Waals surface area (Å²) in [5, 5.41) is 24.3. The molecule has 9 nitrogen and oxygen atoms in total. The Bertz CT molecular complexity index is 1180. The lowest BCUT2D eigenvalue weighted by Crippen LogP contribution is -2.32. The zero-order chi connectivity index (χ0) is 24.9. The minimum absolute atomic E-state index is 0.00680. The molecular formula is C26H31N5O4. The summed E-state index contributed by atoms with van der Waals surface area (Å²) < 4.78 is 7.44. The van der Waals surface area contributed by atoms with Gasteiger partial charge in [-0.25, -0.2) is 0 Å². The Morgan fingerprint density at radius 2 is 2.03 bits per heavy atom. The predicted molar refractivity (Wildman–Crippen MR) is 134 cm³/mol. The zero-order valence-corrected chi connectivity index (χ0v) is 20.2. The van der Waals surface area contributed by atoms with E-state index in [-0.39, 0.29) is 22.3 Å². The van der Waals surface area contributed by atoms with E-state index in [9.17, 15) is 20.2 Å². The van der Waals surface area contributed by atoms with Crippen molar-refractivity contribution in [1.29, 1.82) is 5.26 Å². The normalized spacial score (nSPS) is 18.4. The second-order valence-electron chi connectivity index (χ2n) is 9.15. The number of anilines is 1. The molecule has 0 unspecified atom stereocenters. The van der Waals surface area contributed by atoms with E-state index >= 15 is 0 Å². The number of amides is 1. The van der Waals surface area contributed by atoms with Crippen LogP contribution in [0.5, 0.6) is 0 Å². The van der Waals surface area contributed by atoms with Gasteiger partial charge >= 0.3 is 0 Å². The lowest BCUT2D eigenvalue weighted by molar-refractivity contribution is -0.384. The minimum Gasteiger partial charge on any atom is -0.376 e. The van der Waals surface area contributed by atoms with Crippen molar-refractivity contribution >= 4 is 23.4 Å². The molecule has 0 aliphatic carbocycles. The summed E-state index contributed by atoms with van der Waals surface area (Å²) >= 11 is 0. The van der Waals surface area contributed by atoms with Crippen LogP contribution in [0.2, 0.25) is 0 Å². The highest BCUT2D eigenvalue weighted by Gasteiger charge is 2.23. The SMILES string of the molecule is Cc1cc(/C=C(\C#N)C(=O)NC[C@@H]2CCCO2)c(C)n1-c1ccc(N2CCCCC2)c([N+](=O)[O-])c1. The molecule has 0 bridgehead atoms. The van der Waals surface area contributed by atoms with Crippen LogP contribution in [0.1, 0.15) is 49.1 Å². The van der Waals surface area contributed by atoms with Crippen LogP contribution in [0, 0.1) is 35.3 Å². The third-order valence-corrected chi connectivity index (χ3v) is 6.76. The fraction of sp³-hybridized carbons (Fsp3) is 0.462. The largest absolute Gasteiger partial charge is 0.376 e. The van der Waals surface area contributed by atoms with Gasteiger partial charge in [-0.2, -0.15) is 5.26 Å². The van der Waals surface area contributed by atoms with E-state index in [4.69, 9.17) is 4.74 Å². The van der Waals surface area contributed by atoms with Crippen molar-refractivity contribution in [2.45, 2.75) is 52.1 Å². The van der Waals surface area contributed by atoms with Crippen molar-refractivity contribution in [3.05, 3.63) is 56.9 Å². The molecule has 2 saturated heterocycles. The molecule has 2 aromatic rings. The average Bonchev–Trinajstić information content (AvgIpc) is 3.48. The maximum absolute atomic E-state index is 12.6. The number of nitrogens with one attached hydrogen (secondary N) is 1. The first kappa shape index (κ1) is 24.5. The van der Waals surface area contributed by atoms with Crippen LogP contribution in [-0.2, 0) is 9.53 Å². The van der Waals surface area contributed by atoms with Gasteiger partial charge in [-0.05, 0) is 75.8 Å². The van der Waals surface area contributed by atoms with E-state index in [0.717, 1.165) is 56.6 Å². The number of aryl methyl sites for hydroxylation is 1. The van der Waals surface area contributed by atoms with Gasteiger partial charge in [0.15, 0.2) is 0 Å². The Morgan fingerprint density at radius 3 is 2.69 bits per heavy atom. The number of nitro benzene ring substituents is 1. The van der Waals surface area contributed by atoms with Crippen LogP contribution in [0.4, 0.5) is 11.4 Å². The molecule has 9 heteroatoms. The molecule has 35 heavy (non-hydrogen) atoms. The average molecular weight is 478 g/mol. The minimum atomic E-state index is -0.436. The molecule has 184 valence electrons. The van der Waals surface area contributed by atoms with Crippen molar-refractivity contribution in [2.75, 3.05) is 31.1 Å². The molecule has 2 aliphatic rings. The van der Waals surface area contributed by atoms with Crippen molar-refractivity contribution in [3.63, 3.8) is 0 Å². The molecule has 1 N–H and O–H groups in total. The number of benzene rings is 1. The highest BCUT2D eigenvalue weighted by atomic mass is 16.6. The molecule has 1 amide bonds. The van der Waals surface area contributed by atoms with Crippen LogP contribution in [0.3, 0.4) is 0 Å². The molecule has 2 aliphatic heterocycles. The first-order valence-corrected chi connectivity index (χ1v) is 12.1. The summed E-state index contributed by atoms with van der Waals surface area (Å²) in [6.07, 6.45) is 6.66. The van der Waals surface area contributed by atoms with E-state index in [1.54, 1.807) is 12.1 Å². The first-order valence-electron chi connectivity index (χ1n) is 12.1. The lowest BCUT2D eigenvalue weighted by atomic mass is 10.1. The Morgan fingerprint density at radius 1 is 1.26 bits per heavy atom. The predicted octanol–water partition coefficient (Wildman–Crippen LogP) is 4.19. The van der Waals surface area contributed by atoms with Gasteiger partial charge in [0.05, 0.1) is 16.7 Å². The fourth-order valence-electron chi connectivity index (χ4n) is 4.94. The number of nitriles is 1. The Kier molecular flexibility index (Phi) is 7.51. The number of rotatable bonds is 7. The molecule has 4 rings (SSSR count). The van der Waals surface area contributed by atoms with Crippen LogP contribution < -0.4 is 10.2 Å². The number of ether oxygens (including phenoxy) is 1. The van der Waals surface area contributed by atoms with Crippen molar-refractivity contribution in [3.8, 4) is 11.8 Å². The van der Waals surface area contributed by atoms with Gasteiger partial charge in [-0.3, -0.25) is 14.9 Å². The summed E-state index contributed by atoms with van der Waals surface area (Å²) in [6.45, 7) is 6.50. The topological polar surface area (TPSA) is 113 Å². The van der Waals surface area contributed by atoms with Crippen molar-refractivity contribution in [2.24, 2.45) is 0 Å². The van der Waals surface area contributed by atoms with Gasteiger partial charge in [-0.15, -0.1) is 0 Å². The van der Waals surface area contributed by atoms with E-state index in [2.05, 4.69) is 10.2 Å². The fourth-order valence-corrected chi connectivity index (χ4v) is 4.94. The van der Waals surface area contributed by atoms with Crippen LogP contribution >= 0.6 is 0 Å². The zero-order valence-electron chi connectivity index (χ0n) is 20.2. The van der Waals surface area contributed by atoms with Crippen LogP contribution in [0.15, 0.2) is 29.8 Å². The molecular weight excluding hydrogens is 446 g/mol. The van der Waals surface area contributed by atoms with Crippen molar-refractivity contribution in [1.82, 2.24) is 9.88 Å². The standard InChI is InChI=1S/C26H31N5O4/c1-18-13-20(14-21(16-27)26(32)28-17-23-7-6-12-35-23)19(2)30(18)22-8-9-24(25(15-22)31(33)34)29-10-4-3-5-11-29/h8-9,13-15,23H,3-7,10-12,17H2,1-2H3,(H,28,32)/b21-14+/t23-/m0/s1. The van der Waals surface area contributed by atoms with Gasteiger partial charge in [0, 0.05) is 43.7 Å². The Hall–Kier alpha value is -3.64. The number of hydrogen-bond donors (Lipinski definition) is 1. The number of nitrogens with zero attached hydrogens (tertiary/aromatic N) is 4. The monoisotopic (exact) mass is 477 g/mol. The third kappa shape index (κ3) is 5.38. The molecule has 0 spiro atoms. The maximum Gasteiger partial charge on any atom is 0.294 e. The summed E-state index contributed by atoms with van der Waals surface area (Å²) in [7, 11) is 0. The van der Waals surface area contributed by atoms with Gasteiger partial charge in [0.25, 0.3) is 11.6 Å². The quantitative estimate of drug-likeness (QED) is 0.277. The highest BCUT2D eigenvalue weighted by molar-refractivity contribution is 6.01. The number of nitro groups is 1. The van der Waals surface area contributed by atoms with Gasteiger partial charge < -0.3 is 19.5 Å². The Labute approximate surface area is 205 Å². The molecule has 3 heterocycles. The number of carbonyl (C=O) groups excluding carboxylic acids is 1. The molecule has 1 aromatic heterocycles. The number of hydrogen-bond acceptors (Lipinski definition) is 6. The number of aromatic nitrogens is 1. The van der Waals surface area contributed by atoms with Crippen LogP contribution in [0.25, 0.3) is 11.8 Å². The van der Waals surface area contributed by atoms with Gasteiger partial charge in [0.2, 0.25) is 0 Å². The molecule has 1 aromatic carbocycles. The van der Waals surface area contributed by atoms with E-state index in [0.29, 0.717) is 30.1 Å². The molecule has 0 radical (unpaired) electrons. The van der Waals surface area contributed by atoms with Crippen LogP contribution in [-0.4, -0.2) is 47.7 Å². The van der Waals surface area contributed by atoms with Gasteiger partial charge in [-0.1, -0.05) is 0 Å². The lowest BCUT2D eigenvalue weighted by Gasteiger charge is -2.28. The molecule has 0 saturated carbocycles. The first-order chi connectivity index (χ1) is 16.9. The Balaban J connectivity index is 1.61. The summed E-state index contributed by atoms with van der Waals surface area (Å²) in [6, 6.07) is 9.20. The van der Waals surface area contributed by atoms with E-state index < -0.39 is 5.91 Å². The second-order valence-corrected chi connectivity index (χ2v) is 9.15. The van der Waals surface area contributed by atoms with E-state index in [1.165, 1.54) is 0 Å². The number of carbonyl (C=O) groups is 1.